The molecule has 0 aliphatic carbocycles. The van der Waals surface area contributed by atoms with Crippen LogP contribution in [0.25, 0.3) is 0 Å². The molecule has 0 N–H and O–H groups in total. The largest absolute Gasteiger partial charge is 0.332 e. The van der Waals surface area contributed by atoms with Crippen molar-refractivity contribution in [2.75, 3.05) is 13.1 Å². The van der Waals surface area contributed by atoms with Gasteiger partial charge in [0.05, 0.1) is 4.90 Å². The first-order valence-corrected chi connectivity index (χ1v) is 11.0. The minimum Gasteiger partial charge on any atom is -0.332 e. The van der Waals surface area contributed by atoms with E-state index < -0.39 is 15.8 Å². The zero-order chi connectivity index (χ0) is 21.0. The summed E-state index contributed by atoms with van der Waals surface area (Å²) >= 11 is 0. The molecule has 1 amide bonds. The summed E-state index contributed by atoms with van der Waals surface area (Å²) in [4.78, 5) is 14.9. The summed E-state index contributed by atoms with van der Waals surface area (Å²) in [5, 5.41) is 0. The van der Waals surface area contributed by atoms with Gasteiger partial charge in [0.1, 0.15) is 5.82 Å². The Kier molecular flexibility index (Phi) is 6.49. The number of rotatable bonds is 6. The van der Waals surface area contributed by atoms with Crippen LogP contribution in [0.5, 0.6) is 0 Å². The second-order valence-corrected chi connectivity index (χ2v) is 9.25. The maximum Gasteiger partial charge on any atom is 0.250 e. The van der Waals surface area contributed by atoms with Crippen LogP contribution in [0.2, 0.25) is 0 Å². The number of amides is 1. The lowest BCUT2D eigenvalue weighted by Crippen LogP contribution is -2.41. The van der Waals surface area contributed by atoms with Crippen LogP contribution in [0.3, 0.4) is 0 Å². The number of hydrogen-bond acceptors (Lipinski definition) is 3. The number of nitrogens with zero attached hydrogens (tertiary/aromatic N) is 2. The van der Waals surface area contributed by atoms with Crippen LogP contribution in [-0.2, 0) is 21.4 Å². The highest BCUT2D eigenvalue weighted by molar-refractivity contribution is 7.89. The minimum absolute atomic E-state index is 0.0181. The summed E-state index contributed by atoms with van der Waals surface area (Å²) < 4.78 is 39.9. The van der Waals surface area contributed by atoms with Crippen molar-refractivity contribution >= 4 is 15.9 Å². The van der Waals surface area contributed by atoms with Crippen molar-refractivity contribution in [3.05, 3.63) is 77.6 Å². The van der Waals surface area contributed by atoms with Gasteiger partial charge in [0.2, 0.25) is 15.9 Å². The SMILES string of the molecule is CC(C)N(Cc1ccccc1)C(=O)C1=CCN(S(=O)(=O)c2ccc(F)cc2)CC1. The van der Waals surface area contributed by atoms with Crippen molar-refractivity contribution in [2.45, 2.75) is 37.8 Å². The number of hydrogen-bond donors (Lipinski definition) is 0. The van der Waals surface area contributed by atoms with Gasteiger partial charge in [-0.3, -0.25) is 4.79 Å². The first kappa shape index (κ1) is 21.2. The van der Waals surface area contributed by atoms with Gasteiger partial charge in [-0.15, -0.1) is 0 Å². The van der Waals surface area contributed by atoms with Gasteiger partial charge in [-0.1, -0.05) is 36.4 Å². The van der Waals surface area contributed by atoms with E-state index in [-0.39, 0.29) is 29.9 Å². The van der Waals surface area contributed by atoms with Crippen molar-refractivity contribution in [1.29, 1.82) is 0 Å². The third-order valence-corrected chi connectivity index (χ3v) is 6.86. The Morgan fingerprint density at radius 1 is 1.10 bits per heavy atom. The molecular formula is C22H25FN2O3S. The van der Waals surface area contributed by atoms with Crippen LogP contribution >= 0.6 is 0 Å². The highest BCUT2D eigenvalue weighted by Crippen LogP contribution is 2.23. The molecular weight excluding hydrogens is 391 g/mol. The molecule has 0 bridgehead atoms. The third-order valence-electron chi connectivity index (χ3n) is 4.98. The molecule has 154 valence electrons. The molecule has 5 nitrogen and oxygen atoms in total. The molecule has 7 heteroatoms. The monoisotopic (exact) mass is 416 g/mol. The molecule has 0 spiro atoms. The highest BCUT2D eigenvalue weighted by atomic mass is 32.2. The Hall–Kier alpha value is -2.51. The molecule has 0 saturated heterocycles. The number of halogens is 1. The first-order valence-electron chi connectivity index (χ1n) is 9.58. The molecule has 0 atom stereocenters. The molecule has 1 heterocycles. The fourth-order valence-corrected chi connectivity index (χ4v) is 4.65. The van der Waals surface area contributed by atoms with Crippen LogP contribution in [-0.4, -0.2) is 42.7 Å². The molecule has 0 unspecified atom stereocenters. The zero-order valence-electron chi connectivity index (χ0n) is 16.6. The third kappa shape index (κ3) is 4.92. The molecule has 0 fully saturated rings. The lowest BCUT2D eigenvalue weighted by molar-refractivity contribution is -0.129. The summed E-state index contributed by atoms with van der Waals surface area (Å²) in [6, 6.07) is 14.6. The van der Waals surface area contributed by atoms with E-state index in [2.05, 4.69) is 0 Å². The van der Waals surface area contributed by atoms with Crippen LogP contribution in [0.15, 0.2) is 71.1 Å². The molecule has 3 rings (SSSR count). The average Bonchev–Trinajstić information content (AvgIpc) is 2.72. The van der Waals surface area contributed by atoms with Gasteiger partial charge in [-0.25, -0.2) is 12.8 Å². The summed E-state index contributed by atoms with van der Waals surface area (Å²) in [5.41, 5.74) is 1.67. The van der Waals surface area contributed by atoms with E-state index in [0.29, 0.717) is 18.5 Å². The quantitative estimate of drug-likeness (QED) is 0.723. The smallest absolute Gasteiger partial charge is 0.250 e. The number of sulfonamides is 1. The fraction of sp³-hybridized carbons (Fsp3) is 0.318. The summed E-state index contributed by atoms with van der Waals surface area (Å²) in [6.07, 6.45) is 2.03. The topological polar surface area (TPSA) is 57.7 Å². The number of carbonyl (C=O) groups excluding carboxylic acids is 1. The number of benzene rings is 2. The predicted molar refractivity (Wildman–Crippen MR) is 110 cm³/mol. The predicted octanol–water partition coefficient (Wildman–Crippen LogP) is 3.58. The molecule has 29 heavy (non-hydrogen) atoms. The Bertz CT molecular complexity index is 986. The lowest BCUT2D eigenvalue weighted by Gasteiger charge is -2.31. The van der Waals surface area contributed by atoms with E-state index in [1.807, 2.05) is 44.2 Å². The van der Waals surface area contributed by atoms with Crippen molar-refractivity contribution in [3.8, 4) is 0 Å². The number of carbonyl (C=O) groups is 1. The van der Waals surface area contributed by atoms with E-state index in [9.17, 15) is 17.6 Å². The Labute approximate surface area is 171 Å². The van der Waals surface area contributed by atoms with E-state index in [1.165, 1.54) is 16.4 Å². The maximum atomic E-state index is 13.1. The molecule has 1 aliphatic rings. The molecule has 0 radical (unpaired) electrons. The Balaban J connectivity index is 1.73. The van der Waals surface area contributed by atoms with Crippen molar-refractivity contribution in [2.24, 2.45) is 0 Å². The average molecular weight is 417 g/mol. The van der Waals surface area contributed by atoms with Gasteiger partial charge < -0.3 is 4.90 Å². The van der Waals surface area contributed by atoms with Gasteiger partial charge >= 0.3 is 0 Å². The van der Waals surface area contributed by atoms with Crippen LogP contribution < -0.4 is 0 Å². The summed E-state index contributed by atoms with van der Waals surface area (Å²) in [7, 11) is -3.72. The summed E-state index contributed by atoms with van der Waals surface area (Å²) in [6.45, 7) is 4.78. The standard InChI is InChI=1S/C22H25FN2O3S/c1-17(2)25(16-18-6-4-3-5-7-18)22(26)19-12-14-24(15-13-19)29(27,28)21-10-8-20(23)9-11-21/h3-12,17H,13-16H2,1-2H3. The van der Waals surface area contributed by atoms with Crippen molar-refractivity contribution in [1.82, 2.24) is 9.21 Å². The summed E-state index contributed by atoms with van der Waals surface area (Å²) in [5.74, 6) is -0.551. The zero-order valence-corrected chi connectivity index (χ0v) is 17.4. The van der Waals surface area contributed by atoms with Crippen molar-refractivity contribution < 1.29 is 17.6 Å². The van der Waals surface area contributed by atoms with Gasteiger partial charge in [-0.2, -0.15) is 4.31 Å². The van der Waals surface area contributed by atoms with Crippen LogP contribution in [0.1, 0.15) is 25.8 Å². The highest BCUT2D eigenvalue weighted by Gasteiger charge is 2.29. The van der Waals surface area contributed by atoms with Gasteiger partial charge in [0, 0.05) is 31.2 Å². The Morgan fingerprint density at radius 2 is 1.76 bits per heavy atom. The van der Waals surface area contributed by atoms with E-state index in [0.717, 1.165) is 17.7 Å². The lowest BCUT2D eigenvalue weighted by atomic mass is 10.1. The second-order valence-electron chi connectivity index (χ2n) is 7.31. The van der Waals surface area contributed by atoms with Crippen LogP contribution in [0, 0.1) is 5.82 Å². The Morgan fingerprint density at radius 3 is 2.31 bits per heavy atom. The molecule has 2 aromatic carbocycles. The fourth-order valence-electron chi connectivity index (χ4n) is 3.27. The maximum absolute atomic E-state index is 13.1. The molecule has 0 saturated carbocycles. The molecule has 0 aromatic heterocycles. The molecule has 2 aromatic rings. The van der Waals surface area contributed by atoms with Crippen molar-refractivity contribution in [3.63, 3.8) is 0 Å². The van der Waals surface area contributed by atoms with Crippen LogP contribution in [0.4, 0.5) is 4.39 Å². The van der Waals surface area contributed by atoms with Gasteiger partial charge in [0.15, 0.2) is 0 Å². The van der Waals surface area contributed by atoms with E-state index in [4.69, 9.17) is 0 Å². The van der Waals surface area contributed by atoms with E-state index >= 15 is 0 Å². The normalized spacial score (nSPS) is 15.2. The van der Waals surface area contributed by atoms with Gasteiger partial charge in [-0.05, 0) is 50.1 Å². The first-order chi connectivity index (χ1) is 13.8. The van der Waals surface area contributed by atoms with E-state index in [1.54, 1.807) is 11.0 Å². The molecule has 1 aliphatic heterocycles. The second kappa shape index (κ2) is 8.88. The minimum atomic E-state index is -3.72. The van der Waals surface area contributed by atoms with Gasteiger partial charge in [0.25, 0.3) is 0 Å².